The number of hydrogen-bond donors (Lipinski definition) is 0. The maximum Gasteiger partial charge on any atom is 0.137 e. The van der Waals surface area contributed by atoms with Crippen molar-refractivity contribution >= 4 is 32.7 Å². The van der Waals surface area contributed by atoms with Crippen LogP contribution in [-0.2, 0) is 9.47 Å². The standard InChI is InChI=1S/C6H14Cl2O2Si/c1-3-9-6(10-4-2)11-5(7)8/h5-6H,3-4,11H2,1-2H3. The van der Waals surface area contributed by atoms with Gasteiger partial charge in [-0.15, -0.1) is 23.2 Å². The summed E-state index contributed by atoms with van der Waals surface area (Å²) in [4.78, 5) is 0. The first kappa shape index (κ1) is 11.7. The van der Waals surface area contributed by atoms with Crippen molar-refractivity contribution in [2.75, 3.05) is 13.2 Å². The first-order chi connectivity index (χ1) is 5.20. The Balaban J connectivity index is 3.50. The third-order valence-electron chi connectivity index (χ3n) is 1.08. The average molecular weight is 217 g/mol. The van der Waals surface area contributed by atoms with E-state index in [1.165, 1.54) is 0 Å². The van der Waals surface area contributed by atoms with E-state index in [1.807, 2.05) is 13.8 Å². The second-order valence-electron chi connectivity index (χ2n) is 1.97. The third kappa shape index (κ3) is 7.09. The summed E-state index contributed by atoms with van der Waals surface area (Å²) in [6.45, 7) is 5.16. The molecule has 68 valence electrons. The first-order valence-corrected chi connectivity index (χ1v) is 6.22. The smallest absolute Gasteiger partial charge is 0.137 e. The molecule has 0 N–H and O–H groups in total. The molecule has 5 heteroatoms. The monoisotopic (exact) mass is 216 g/mol. The molecular formula is C6H14Cl2O2Si. The van der Waals surface area contributed by atoms with E-state index in [-0.39, 0.29) is 10.4 Å². The van der Waals surface area contributed by atoms with Crippen molar-refractivity contribution in [3.63, 3.8) is 0 Å². The van der Waals surface area contributed by atoms with Crippen LogP contribution in [-0.4, -0.2) is 33.1 Å². The highest BCUT2D eigenvalue weighted by atomic mass is 35.5. The summed E-state index contributed by atoms with van der Waals surface area (Å²) in [6, 6.07) is 0. The van der Waals surface area contributed by atoms with Crippen LogP contribution >= 0.6 is 23.2 Å². The van der Waals surface area contributed by atoms with Crippen LogP contribution in [0.5, 0.6) is 0 Å². The predicted octanol–water partition coefficient (Wildman–Crippen LogP) is 1.27. The van der Waals surface area contributed by atoms with E-state index in [0.717, 1.165) is 0 Å². The lowest BCUT2D eigenvalue weighted by Gasteiger charge is -2.16. The Morgan fingerprint density at radius 1 is 1.18 bits per heavy atom. The SMILES string of the molecule is CCOC(OCC)[SiH2]C(Cl)Cl. The van der Waals surface area contributed by atoms with Crippen molar-refractivity contribution in [1.29, 1.82) is 0 Å². The van der Waals surface area contributed by atoms with E-state index in [4.69, 9.17) is 32.7 Å². The van der Waals surface area contributed by atoms with E-state index in [2.05, 4.69) is 0 Å². The third-order valence-corrected chi connectivity index (χ3v) is 3.36. The molecule has 0 fully saturated rings. The van der Waals surface area contributed by atoms with E-state index in [9.17, 15) is 0 Å². The lowest BCUT2D eigenvalue weighted by molar-refractivity contribution is -0.0825. The molecule has 0 aromatic carbocycles. The van der Waals surface area contributed by atoms with Gasteiger partial charge in [-0.3, -0.25) is 0 Å². The van der Waals surface area contributed by atoms with Crippen molar-refractivity contribution < 1.29 is 9.47 Å². The highest BCUT2D eigenvalue weighted by molar-refractivity contribution is 6.69. The molecule has 0 atom stereocenters. The maximum absolute atomic E-state index is 5.61. The van der Waals surface area contributed by atoms with Crippen LogP contribution in [0.1, 0.15) is 13.8 Å². The fraction of sp³-hybridized carbons (Fsp3) is 1.00. The number of hydrogen-bond acceptors (Lipinski definition) is 2. The van der Waals surface area contributed by atoms with Crippen LogP contribution in [0, 0.1) is 0 Å². The Morgan fingerprint density at radius 2 is 1.64 bits per heavy atom. The largest absolute Gasteiger partial charge is 0.357 e. The fourth-order valence-corrected chi connectivity index (χ4v) is 2.61. The second-order valence-corrected chi connectivity index (χ2v) is 6.23. The van der Waals surface area contributed by atoms with Crippen LogP contribution in [0.3, 0.4) is 0 Å². The molecule has 0 spiro atoms. The molecule has 0 aromatic heterocycles. The quantitative estimate of drug-likeness (QED) is 0.379. The summed E-state index contributed by atoms with van der Waals surface area (Å²) in [7, 11) is -0.675. The Bertz CT molecular complexity index is 86.7. The van der Waals surface area contributed by atoms with Crippen LogP contribution in [0.15, 0.2) is 0 Å². The van der Waals surface area contributed by atoms with Gasteiger partial charge in [0.05, 0.1) is 4.46 Å². The van der Waals surface area contributed by atoms with Gasteiger partial charge in [0.15, 0.2) is 0 Å². The number of ether oxygens (including phenoxy) is 2. The summed E-state index contributed by atoms with van der Waals surface area (Å²) >= 11 is 11.2. The van der Waals surface area contributed by atoms with E-state index >= 15 is 0 Å². The molecule has 0 bridgehead atoms. The molecule has 0 aliphatic heterocycles. The van der Waals surface area contributed by atoms with Gasteiger partial charge < -0.3 is 9.47 Å². The minimum atomic E-state index is -0.675. The van der Waals surface area contributed by atoms with Crippen molar-refractivity contribution in [2.24, 2.45) is 0 Å². The summed E-state index contributed by atoms with van der Waals surface area (Å²) < 4.78 is 10.2. The van der Waals surface area contributed by atoms with Gasteiger partial charge in [-0.2, -0.15) is 0 Å². The Kier molecular flexibility index (Phi) is 7.85. The lowest BCUT2D eigenvalue weighted by Crippen LogP contribution is -2.28. The minimum absolute atomic E-state index is 0.120. The molecule has 0 saturated heterocycles. The van der Waals surface area contributed by atoms with E-state index < -0.39 is 9.52 Å². The van der Waals surface area contributed by atoms with Gasteiger partial charge in [0.25, 0.3) is 0 Å². The van der Waals surface area contributed by atoms with Crippen LogP contribution in [0.25, 0.3) is 0 Å². The molecule has 0 aliphatic rings. The molecule has 0 heterocycles. The average Bonchev–Trinajstić information content (AvgIpc) is 1.87. The summed E-state index contributed by atoms with van der Waals surface area (Å²) in [5.41, 5.74) is 0. The van der Waals surface area contributed by atoms with Crippen molar-refractivity contribution in [2.45, 2.75) is 24.2 Å². The molecule has 2 nitrogen and oxygen atoms in total. The van der Waals surface area contributed by atoms with Gasteiger partial charge in [-0.25, -0.2) is 0 Å². The Hall–Kier alpha value is 0.717. The molecule has 0 aliphatic carbocycles. The van der Waals surface area contributed by atoms with E-state index in [0.29, 0.717) is 13.2 Å². The summed E-state index contributed by atoms with van der Waals surface area (Å²) in [6.07, 6.45) is 0. The normalized spacial score (nSPS) is 12.5. The Morgan fingerprint density at radius 3 is 1.91 bits per heavy atom. The van der Waals surface area contributed by atoms with Crippen LogP contribution < -0.4 is 0 Å². The van der Waals surface area contributed by atoms with Crippen LogP contribution in [0.4, 0.5) is 0 Å². The Labute approximate surface area is 80.0 Å². The number of rotatable bonds is 6. The van der Waals surface area contributed by atoms with Crippen molar-refractivity contribution in [3.05, 3.63) is 0 Å². The number of halogens is 2. The lowest BCUT2D eigenvalue weighted by atomic mass is 10.9. The zero-order chi connectivity index (χ0) is 8.69. The second kappa shape index (κ2) is 7.37. The molecule has 0 saturated carbocycles. The van der Waals surface area contributed by atoms with Gasteiger partial charge in [0.1, 0.15) is 15.4 Å². The molecule has 0 unspecified atom stereocenters. The van der Waals surface area contributed by atoms with E-state index in [1.54, 1.807) is 0 Å². The number of alkyl halides is 2. The molecule has 11 heavy (non-hydrogen) atoms. The topological polar surface area (TPSA) is 18.5 Å². The molecular weight excluding hydrogens is 203 g/mol. The minimum Gasteiger partial charge on any atom is -0.357 e. The highest BCUT2D eigenvalue weighted by Gasteiger charge is 2.13. The van der Waals surface area contributed by atoms with Gasteiger partial charge in [0.2, 0.25) is 0 Å². The van der Waals surface area contributed by atoms with Gasteiger partial charge in [-0.05, 0) is 13.8 Å². The van der Waals surface area contributed by atoms with Gasteiger partial charge >= 0.3 is 0 Å². The molecule has 0 aromatic rings. The maximum atomic E-state index is 5.61. The summed E-state index contributed by atoms with van der Waals surface area (Å²) in [5.74, 6) is -0.120. The van der Waals surface area contributed by atoms with Crippen LogP contribution in [0.2, 0.25) is 0 Å². The highest BCUT2D eigenvalue weighted by Crippen LogP contribution is 2.04. The predicted molar refractivity (Wildman–Crippen MR) is 51.1 cm³/mol. The fourth-order valence-electron chi connectivity index (χ4n) is 0.701. The molecule has 0 radical (unpaired) electrons. The van der Waals surface area contributed by atoms with Gasteiger partial charge in [-0.1, -0.05) is 0 Å². The molecule has 0 amide bonds. The molecule has 0 rings (SSSR count). The zero-order valence-electron chi connectivity index (χ0n) is 6.85. The van der Waals surface area contributed by atoms with Crippen molar-refractivity contribution in [3.8, 4) is 0 Å². The first-order valence-electron chi connectivity index (χ1n) is 3.72. The van der Waals surface area contributed by atoms with Crippen molar-refractivity contribution in [1.82, 2.24) is 0 Å². The summed E-state index contributed by atoms with van der Waals surface area (Å²) in [5, 5.41) is 0. The zero-order valence-corrected chi connectivity index (χ0v) is 9.77. The van der Waals surface area contributed by atoms with Gasteiger partial charge in [0, 0.05) is 13.2 Å².